The number of Topliss-reactive ketones (excluding diaryl/α,β-unsaturated/α-hetero) is 1. The van der Waals surface area contributed by atoms with E-state index in [0.29, 0.717) is 5.56 Å². The van der Waals surface area contributed by atoms with Crippen molar-refractivity contribution in [3.8, 4) is 11.8 Å². The summed E-state index contributed by atoms with van der Waals surface area (Å²) in [6.45, 7) is 5.78. The average Bonchev–Trinajstić information content (AvgIpc) is 2.38. The first-order chi connectivity index (χ1) is 8.54. The first-order valence-electron chi connectivity index (χ1n) is 6.15. The molecule has 0 spiro atoms. The van der Waals surface area contributed by atoms with Crippen molar-refractivity contribution in [2.45, 2.75) is 27.2 Å². The van der Waals surface area contributed by atoms with Crippen LogP contribution in [0.15, 0.2) is 18.2 Å². The monoisotopic (exact) mass is 245 g/mol. The van der Waals surface area contributed by atoms with Gasteiger partial charge in [0.15, 0.2) is 5.78 Å². The van der Waals surface area contributed by atoms with Crippen molar-refractivity contribution < 1.29 is 9.53 Å². The van der Waals surface area contributed by atoms with Gasteiger partial charge in [0.1, 0.15) is 11.7 Å². The largest absolute Gasteiger partial charge is 0.496 e. The Labute approximate surface area is 108 Å². The molecule has 0 bridgehead atoms. The van der Waals surface area contributed by atoms with Crippen LogP contribution >= 0.6 is 0 Å². The number of benzene rings is 1. The number of carbonyl (C=O) groups excluding carboxylic acids is 1. The number of rotatable bonds is 5. The number of hydrogen-bond acceptors (Lipinski definition) is 3. The molecule has 0 aliphatic rings. The van der Waals surface area contributed by atoms with Gasteiger partial charge in [-0.25, -0.2) is 0 Å². The van der Waals surface area contributed by atoms with Gasteiger partial charge in [0, 0.05) is 5.56 Å². The van der Waals surface area contributed by atoms with Gasteiger partial charge in [-0.2, -0.15) is 5.26 Å². The van der Waals surface area contributed by atoms with E-state index in [0.717, 1.165) is 17.7 Å². The summed E-state index contributed by atoms with van der Waals surface area (Å²) in [5.74, 6) is 0.120. The van der Waals surface area contributed by atoms with Crippen molar-refractivity contribution >= 4 is 5.78 Å². The molecule has 96 valence electrons. The predicted octanol–water partition coefficient (Wildman–Crippen LogP) is 3.24. The van der Waals surface area contributed by atoms with Crippen LogP contribution in [0, 0.1) is 23.2 Å². The van der Waals surface area contributed by atoms with Crippen LogP contribution in [0.4, 0.5) is 0 Å². The van der Waals surface area contributed by atoms with Gasteiger partial charge in [0.25, 0.3) is 0 Å². The molecule has 0 fully saturated rings. The van der Waals surface area contributed by atoms with Crippen LogP contribution in [0.2, 0.25) is 0 Å². The van der Waals surface area contributed by atoms with Gasteiger partial charge in [0.2, 0.25) is 0 Å². The number of hydrogen-bond donors (Lipinski definition) is 0. The Kier molecular flexibility index (Phi) is 4.91. The van der Waals surface area contributed by atoms with E-state index in [2.05, 4.69) is 6.07 Å². The summed E-state index contributed by atoms with van der Waals surface area (Å²) in [5, 5.41) is 9.06. The third-order valence-corrected chi connectivity index (χ3v) is 3.03. The molecule has 0 radical (unpaired) electrons. The fourth-order valence-corrected chi connectivity index (χ4v) is 1.90. The standard InChI is InChI=1S/C15H19NO2/c1-5-11-8-12(6-7-14(11)18-4)15(17)13(9-16)10(2)3/h6-8,10,13H,5H2,1-4H3. The Morgan fingerprint density at radius 2 is 2.11 bits per heavy atom. The second kappa shape index (κ2) is 6.20. The SMILES string of the molecule is CCc1cc(C(=O)C(C#N)C(C)C)ccc1OC. The van der Waals surface area contributed by atoms with Gasteiger partial charge < -0.3 is 4.74 Å². The fourth-order valence-electron chi connectivity index (χ4n) is 1.90. The Balaban J connectivity index is 3.11. The smallest absolute Gasteiger partial charge is 0.180 e. The highest BCUT2D eigenvalue weighted by molar-refractivity contribution is 5.99. The lowest BCUT2D eigenvalue weighted by molar-refractivity contribution is 0.0924. The van der Waals surface area contributed by atoms with Crippen molar-refractivity contribution in [1.82, 2.24) is 0 Å². The molecule has 1 rings (SSSR count). The van der Waals surface area contributed by atoms with E-state index in [1.54, 1.807) is 19.2 Å². The highest BCUT2D eigenvalue weighted by atomic mass is 16.5. The van der Waals surface area contributed by atoms with Gasteiger partial charge in [0.05, 0.1) is 13.2 Å². The molecule has 18 heavy (non-hydrogen) atoms. The molecule has 0 amide bonds. The molecule has 1 aromatic carbocycles. The van der Waals surface area contributed by atoms with E-state index >= 15 is 0 Å². The molecule has 0 aliphatic carbocycles. The van der Waals surface area contributed by atoms with Crippen LogP contribution in [-0.4, -0.2) is 12.9 Å². The molecule has 0 aromatic heterocycles. The van der Waals surface area contributed by atoms with Crippen LogP contribution in [0.25, 0.3) is 0 Å². The molecule has 0 saturated carbocycles. The second-order valence-corrected chi connectivity index (χ2v) is 4.60. The molecule has 0 saturated heterocycles. The minimum absolute atomic E-state index is 0.0229. The summed E-state index contributed by atoms with van der Waals surface area (Å²) < 4.78 is 5.23. The predicted molar refractivity (Wildman–Crippen MR) is 70.6 cm³/mol. The van der Waals surface area contributed by atoms with Gasteiger partial charge in [-0.1, -0.05) is 20.8 Å². The van der Waals surface area contributed by atoms with Crippen LogP contribution < -0.4 is 4.74 Å². The van der Waals surface area contributed by atoms with E-state index in [1.165, 1.54) is 0 Å². The highest BCUT2D eigenvalue weighted by Gasteiger charge is 2.23. The molecular formula is C15H19NO2. The Bertz CT molecular complexity index is 472. The number of nitriles is 1. The Hall–Kier alpha value is -1.82. The minimum atomic E-state index is -0.580. The molecule has 0 aliphatic heterocycles. The highest BCUT2D eigenvalue weighted by Crippen LogP contribution is 2.23. The van der Waals surface area contributed by atoms with Crippen molar-refractivity contribution in [3.05, 3.63) is 29.3 Å². The molecular weight excluding hydrogens is 226 g/mol. The van der Waals surface area contributed by atoms with Crippen LogP contribution in [0.1, 0.15) is 36.7 Å². The topological polar surface area (TPSA) is 50.1 Å². The van der Waals surface area contributed by atoms with Crippen molar-refractivity contribution in [2.24, 2.45) is 11.8 Å². The van der Waals surface area contributed by atoms with Gasteiger partial charge in [-0.15, -0.1) is 0 Å². The summed E-state index contributed by atoms with van der Waals surface area (Å²) in [6.07, 6.45) is 0.795. The summed E-state index contributed by atoms with van der Waals surface area (Å²) in [6, 6.07) is 7.43. The third kappa shape index (κ3) is 2.89. The number of carbonyl (C=O) groups is 1. The van der Waals surface area contributed by atoms with E-state index in [1.807, 2.05) is 26.8 Å². The molecule has 1 unspecified atom stereocenters. The maximum absolute atomic E-state index is 12.2. The summed E-state index contributed by atoms with van der Waals surface area (Å²) >= 11 is 0. The molecule has 0 heterocycles. The van der Waals surface area contributed by atoms with E-state index < -0.39 is 5.92 Å². The Morgan fingerprint density at radius 3 is 2.56 bits per heavy atom. The number of ether oxygens (including phenoxy) is 1. The van der Waals surface area contributed by atoms with Crippen molar-refractivity contribution in [3.63, 3.8) is 0 Å². The zero-order chi connectivity index (χ0) is 13.7. The zero-order valence-electron chi connectivity index (χ0n) is 11.4. The Morgan fingerprint density at radius 1 is 1.44 bits per heavy atom. The lowest BCUT2D eigenvalue weighted by atomic mass is 9.88. The second-order valence-electron chi connectivity index (χ2n) is 4.60. The van der Waals surface area contributed by atoms with Crippen LogP contribution in [0.3, 0.4) is 0 Å². The van der Waals surface area contributed by atoms with Crippen molar-refractivity contribution in [2.75, 3.05) is 7.11 Å². The fraction of sp³-hybridized carbons (Fsp3) is 0.467. The summed E-state index contributed by atoms with van der Waals surface area (Å²) in [5.41, 5.74) is 1.58. The van der Waals surface area contributed by atoms with E-state index in [-0.39, 0.29) is 11.7 Å². The maximum atomic E-state index is 12.2. The van der Waals surface area contributed by atoms with Crippen molar-refractivity contribution in [1.29, 1.82) is 5.26 Å². The third-order valence-electron chi connectivity index (χ3n) is 3.03. The zero-order valence-corrected chi connectivity index (χ0v) is 11.4. The van der Waals surface area contributed by atoms with Gasteiger partial charge in [-0.05, 0) is 36.1 Å². The number of methoxy groups -OCH3 is 1. The lowest BCUT2D eigenvalue weighted by Crippen LogP contribution is -2.18. The molecule has 1 aromatic rings. The quantitative estimate of drug-likeness (QED) is 0.748. The molecule has 3 heteroatoms. The lowest BCUT2D eigenvalue weighted by Gasteiger charge is -2.13. The number of nitrogens with zero attached hydrogens (tertiary/aromatic N) is 1. The number of ketones is 1. The van der Waals surface area contributed by atoms with E-state index in [4.69, 9.17) is 10.00 Å². The van der Waals surface area contributed by atoms with Crippen LogP contribution in [0.5, 0.6) is 5.75 Å². The summed E-state index contributed by atoms with van der Waals surface area (Å²) in [4.78, 5) is 12.2. The molecule has 0 N–H and O–H groups in total. The van der Waals surface area contributed by atoms with Gasteiger partial charge >= 0.3 is 0 Å². The first kappa shape index (κ1) is 14.2. The number of aryl methyl sites for hydroxylation is 1. The molecule has 3 nitrogen and oxygen atoms in total. The summed E-state index contributed by atoms with van der Waals surface area (Å²) in [7, 11) is 1.61. The van der Waals surface area contributed by atoms with Gasteiger partial charge in [-0.3, -0.25) is 4.79 Å². The minimum Gasteiger partial charge on any atom is -0.496 e. The first-order valence-corrected chi connectivity index (χ1v) is 6.15. The van der Waals surface area contributed by atoms with Crippen LogP contribution in [-0.2, 0) is 6.42 Å². The average molecular weight is 245 g/mol. The maximum Gasteiger partial charge on any atom is 0.180 e. The molecule has 1 atom stereocenters. The normalized spacial score (nSPS) is 12.0. The van der Waals surface area contributed by atoms with E-state index in [9.17, 15) is 4.79 Å².